The first kappa shape index (κ1) is 16.9. The molecular weight excluding hydrogens is 346 g/mol. The third kappa shape index (κ3) is 4.49. The predicted octanol–water partition coefficient (Wildman–Crippen LogP) is 5.07. The zero-order valence-corrected chi connectivity index (χ0v) is 15.3. The van der Waals surface area contributed by atoms with Crippen molar-refractivity contribution in [2.24, 2.45) is 11.3 Å². The lowest BCUT2D eigenvalue weighted by molar-refractivity contribution is 0.0921. The summed E-state index contributed by atoms with van der Waals surface area (Å²) in [4.78, 5) is 13.2. The van der Waals surface area contributed by atoms with E-state index in [2.05, 4.69) is 47.7 Å². The van der Waals surface area contributed by atoms with E-state index in [1.807, 2.05) is 18.2 Å². The fraction of sp³-hybridized carbons (Fsp3) is 0.588. The number of hydrogen-bond donors (Lipinski definition) is 2. The topological polar surface area (TPSA) is 29.1 Å². The van der Waals surface area contributed by atoms with Gasteiger partial charge in [-0.15, -0.1) is 12.6 Å². The molecule has 0 radical (unpaired) electrons. The predicted molar refractivity (Wildman–Crippen MR) is 94.1 cm³/mol. The minimum absolute atomic E-state index is 0.00666. The van der Waals surface area contributed by atoms with Crippen molar-refractivity contribution in [1.29, 1.82) is 0 Å². The number of carbonyl (C=O) groups is 1. The van der Waals surface area contributed by atoms with E-state index >= 15 is 0 Å². The van der Waals surface area contributed by atoms with E-state index < -0.39 is 0 Å². The average molecular weight is 370 g/mol. The third-order valence-electron chi connectivity index (χ3n) is 4.32. The van der Waals surface area contributed by atoms with Crippen molar-refractivity contribution < 1.29 is 4.79 Å². The van der Waals surface area contributed by atoms with Crippen molar-refractivity contribution in [2.45, 2.75) is 50.8 Å². The maximum atomic E-state index is 12.4. The Morgan fingerprint density at radius 1 is 1.38 bits per heavy atom. The Labute approximate surface area is 141 Å². The van der Waals surface area contributed by atoms with E-state index in [-0.39, 0.29) is 5.91 Å². The van der Waals surface area contributed by atoms with Gasteiger partial charge in [0.1, 0.15) is 0 Å². The molecule has 0 bridgehead atoms. The maximum Gasteiger partial charge on any atom is 0.252 e. The lowest BCUT2D eigenvalue weighted by Gasteiger charge is -2.31. The molecule has 1 aliphatic carbocycles. The van der Waals surface area contributed by atoms with Crippen LogP contribution in [0, 0.1) is 11.3 Å². The van der Waals surface area contributed by atoms with Gasteiger partial charge in [-0.05, 0) is 64.7 Å². The number of carbonyl (C=O) groups excluding carboxylic acids is 1. The van der Waals surface area contributed by atoms with Gasteiger partial charge in [-0.3, -0.25) is 4.79 Å². The van der Waals surface area contributed by atoms with E-state index in [1.54, 1.807) is 0 Å². The zero-order chi connectivity index (χ0) is 15.5. The second kappa shape index (κ2) is 7.19. The average Bonchev–Trinajstić information content (AvgIpc) is 2.87. The Balaban J connectivity index is 2.03. The molecule has 0 atom stereocenters. The minimum Gasteiger partial charge on any atom is -0.351 e. The van der Waals surface area contributed by atoms with Crippen LogP contribution in [0.5, 0.6) is 0 Å². The molecule has 116 valence electrons. The largest absolute Gasteiger partial charge is 0.351 e. The van der Waals surface area contributed by atoms with Gasteiger partial charge in [-0.25, -0.2) is 0 Å². The van der Waals surface area contributed by atoms with Crippen molar-refractivity contribution in [3.8, 4) is 0 Å². The van der Waals surface area contributed by atoms with Crippen molar-refractivity contribution in [2.75, 3.05) is 6.54 Å². The number of halogens is 1. The van der Waals surface area contributed by atoms with Crippen molar-refractivity contribution in [3.05, 3.63) is 28.2 Å². The second-order valence-electron chi connectivity index (χ2n) is 6.65. The fourth-order valence-corrected chi connectivity index (χ4v) is 4.12. The number of amides is 1. The van der Waals surface area contributed by atoms with Crippen molar-refractivity contribution in [3.63, 3.8) is 0 Å². The molecule has 2 rings (SSSR count). The molecule has 0 spiro atoms. The number of nitrogens with one attached hydrogen (secondary N) is 1. The summed E-state index contributed by atoms with van der Waals surface area (Å²) in [6, 6.07) is 5.56. The van der Waals surface area contributed by atoms with Crippen LogP contribution in [0.3, 0.4) is 0 Å². The summed E-state index contributed by atoms with van der Waals surface area (Å²) in [5.74, 6) is 0.667. The first-order valence-electron chi connectivity index (χ1n) is 7.69. The summed E-state index contributed by atoms with van der Waals surface area (Å²) in [6.07, 6.45) is 6.25. The van der Waals surface area contributed by atoms with Crippen LogP contribution in [0.15, 0.2) is 27.6 Å². The zero-order valence-electron chi connectivity index (χ0n) is 12.8. The third-order valence-corrected chi connectivity index (χ3v) is 5.29. The molecule has 1 aromatic carbocycles. The normalized spacial score (nSPS) is 17.2. The van der Waals surface area contributed by atoms with Gasteiger partial charge in [0.05, 0.1) is 5.56 Å². The number of hydrogen-bond acceptors (Lipinski definition) is 2. The molecule has 21 heavy (non-hydrogen) atoms. The molecule has 0 saturated heterocycles. The van der Waals surface area contributed by atoms with Gasteiger partial charge in [-0.1, -0.05) is 26.7 Å². The van der Waals surface area contributed by atoms with Crippen LogP contribution in [0.1, 0.15) is 56.3 Å². The van der Waals surface area contributed by atoms with Gasteiger partial charge in [0.15, 0.2) is 0 Å². The molecule has 4 heteroatoms. The molecular formula is C17H24BrNOS. The maximum absolute atomic E-state index is 12.4. The van der Waals surface area contributed by atoms with E-state index in [1.165, 1.54) is 32.1 Å². The van der Waals surface area contributed by atoms with Gasteiger partial charge in [0.25, 0.3) is 5.91 Å². The Morgan fingerprint density at radius 2 is 2.05 bits per heavy atom. The second-order valence-corrected chi connectivity index (χ2v) is 8.02. The monoisotopic (exact) mass is 369 g/mol. The Morgan fingerprint density at radius 3 is 2.67 bits per heavy atom. The molecule has 1 amide bonds. The number of benzene rings is 1. The van der Waals surface area contributed by atoms with Crippen LogP contribution in [0.4, 0.5) is 0 Å². The van der Waals surface area contributed by atoms with E-state index in [4.69, 9.17) is 0 Å². The molecule has 1 fully saturated rings. The first-order valence-corrected chi connectivity index (χ1v) is 8.93. The Hall–Kier alpha value is -0.480. The molecule has 0 aliphatic heterocycles. The molecule has 1 saturated carbocycles. The van der Waals surface area contributed by atoms with E-state index in [0.717, 1.165) is 15.9 Å². The molecule has 0 aromatic heterocycles. The van der Waals surface area contributed by atoms with Gasteiger partial charge in [0.2, 0.25) is 0 Å². The quantitative estimate of drug-likeness (QED) is 0.696. The van der Waals surface area contributed by atoms with E-state index in [0.29, 0.717) is 16.9 Å². The molecule has 1 N–H and O–H groups in total. The lowest BCUT2D eigenvalue weighted by Crippen LogP contribution is -2.37. The van der Waals surface area contributed by atoms with Crippen LogP contribution in [0.2, 0.25) is 0 Å². The molecule has 1 aliphatic rings. The highest BCUT2D eigenvalue weighted by atomic mass is 79.9. The van der Waals surface area contributed by atoms with E-state index in [9.17, 15) is 4.79 Å². The molecule has 2 nitrogen and oxygen atoms in total. The molecule has 1 aromatic rings. The van der Waals surface area contributed by atoms with Gasteiger partial charge < -0.3 is 5.32 Å². The van der Waals surface area contributed by atoms with Crippen LogP contribution in [-0.4, -0.2) is 12.5 Å². The fourth-order valence-electron chi connectivity index (χ4n) is 3.49. The summed E-state index contributed by atoms with van der Waals surface area (Å²) in [5, 5.41) is 3.15. The smallest absolute Gasteiger partial charge is 0.252 e. The van der Waals surface area contributed by atoms with Crippen LogP contribution in [0.25, 0.3) is 0 Å². The molecule has 0 heterocycles. The SMILES string of the molecule is CC(C)CC1(CNC(=O)c2cc(S)ccc2Br)CCCC1. The highest BCUT2D eigenvalue weighted by molar-refractivity contribution is 9.10. The summed E-state index contributed by atoms with van der Waals surface area (Å²) < 4.78 is 0.821. The first-order chi connectivity index (χ1) is 9.92. The van der Waals surface area contributed by atoms with Gasteiger partial charge in [-0.2, -0.15) is 0 Å². The Bertz CT molecular complexity index is 510. The summed E-state index contributed by atoms with van der Waals surface area (Å²) in [6.45, 7) is 5.32. The highest BCUT2D eigenvalue weighted by Gasteiger charge is 2.34. The van der Waals surface area contributed by atoms with Crippen molar-refractivity contribution in [1.82, 2.24) is 5.32 Å². The standard InChI is InChI=1S/C17H24BrNOS/c1-12(2)10-17(7-3-4-8-17)11-19-16(20)14-9-13(21)5-6-15(14)18/h5-6,9,12,21H,3-4,7-8,10-11H2,1-2H3,(H,19,20). The van der Waals surface area contributed by atoms with Crippen molar-refractivity contribution >= 4 is 34.5 Å². The number of thiol groups is 1. The van der Waals surface area contributed by atoms with Crippen LogP contribution >= 0.6 is 28.6 Å². The van der Waals surface area contributed by atoms with Gasteiger partial charge >= 0.3 is 0 Å². The van der Waals surface area contributed by atoms with Crippen LogP contribution in [-0.2, 0) is 0 Å². The highest BCUT2D eigenvalue weighted by Crippen LogP contribution is 2.42. The minimum atomic E-state index is -0.00666. The summed E-state index contributed by atoms with van der Waals surface area (Å²) in [7, 11) is 0. The van der Waals surface area contributed by atoms with Crippen LogP contribution < -0.4 is 5.32 Å². The van der Waals surface area contributed by atoms with Gasteiger partial charge in [0, 0.05) is 15.9 Å². The lowest BCUT2D eigenvalue weighted by atomic mass is 9.78. The Kier molecular flexibility index (Phi) is 5.78. The summed E-state index contributed by atoms with van der Waals surface area (Å²) in [5.41, 5.74) is 0.967. The summed E-state index contributed by atoms with van der Waals surface area (Å²) >= 11 is 7.76. The number of rotatable bonds is 5. The molecule has 0 unspecified atom stereocenters.